The van der Waals surface area contributed by atoms with Crippen molar-refractivity contribution in [2.75, 3.05) is 18.1 Å². The van der Waals surface area contributed by atoms with Crippen LogP contribution in [0.2, 0.25) is 0 Å². The third-order valence-electron chi connectivity index (χ3n) is 3.25. The minimum Gasteiger partial charge on any atom is -0.396 e. The van der Waals surface area contributed by atoms with Gasteiger partial charge in [-0.05, 0) is 24.2 Å². The fraction of sp³-hybridized carbons (Fsp3) is 1.00. The second-order valence-corrected chi connectivity index (χ2v) is 7.17. The Labute approximate surface area is 93.8 Å². The average Bonchev–Trinajstić information content (AvgIpc) is 2.14. The Morgan fingerprint density at radius 3 is 2.13 bits per heavy atom. The van der Waals surface area contributed by atoms with Gasteiger partial charge in [0.15, 0.2) is 0 Å². The van der Waals surface area contributed by atoms with Crippen molar-refractivity contribution >= 4 is 9.84 Å². The van der Waals surface area contributed by atoms with Crippen LogP contribution in [0.3, 0.4) is 0 Å². The van der Waals surface area contributed by atoms with Gasteiger partial charge in [-0.2, -0.15) is 0 Å². The van der Waals surface area contributed by atoms with E-state index in [0.29, 0.717) is 18.8 Å². The van der Waals surface area contributed by atoms with Gasteiger partial charge < -0.3 is 5.11 Å². The highest BCUT2D eigenvalue weighted by molar-refractivity contribution is 7.91. The summed E-state index contributed by atoms with van der Waals surface area (Å²) >= 11 is 0. The van der Waals surface area contributed by atoms with Crippen molar-refractivity contribution in [1.82, 2.24) is 0 Å². The molecule has 0 aliphatic heterocycles. The first-order valence-electron chi connectivity index (χ1n) is 5.58. The molecule has 0 radical (unpaired) electrons. The SMILES string of the molecule is CCCS(=O)(=O)CCC(C)(CO)C(C)C. The van der Waals surface area contributed by atoms with Crippen LogP contribution >= 0.6 is 0 Å². The van der Waals surface area contributed by atoms with Crippen LogP contribution in [0, 0.1) is 11.3 Å². The van der Waals surface area contributed by atoms with Gasteiger partial charge >= 0.3 is 0 Å². The number of hydrogen-bond acceptors (Lipinski definition) is 3. The van der Waals surface area contributed by atoms with Gasteiger partial charge in [-0.25, -0.2) is 8.42 Å². The summed E-state index contributed by atoms with van der Waals surface area (Å²) in [6.07, 6.45) is 1.21. The summed E-state index contributed by atoms with van der Waals surface area (Å²) in [6.45, 7) is 7.89. The summed E-state index contributed by atoms with van der Waals surface area (Å²) in [4.78, 5) is 0. The maximum absolute atomic E-state index is 11.5. The summed E-state index contributed by atoms with van der Waals surface area (Å²) in [5, 5.41) is 9.29. The third-order valence-corrected chi connectivity index (χ3v) is 5.11. The van der Waals surface area contributed by atoms with E-state index < -0.39 is 9.84 Å². The molecule has 1 atom stereocenters. The molecule has 1 N–H and O–H groups in total. The van der Waals surface area contributed by atoms with Gasteiger partial charge in [-0.3, -0.25) is 0 Å². The molecule has 0 saturated carbocycles. The molecule has 0 spiro atoms. The van der Waals surface area contributed by atoms with Gasteiger partial charge in [0.25, 0.3) is 0 Å². The molecule has 1 unspecified atom stereocenters. The van der Waals surface area contributed by atoms with Crippen LogP contribution in [0.1, 0.15) is 40.5 Å². The Morgan fingerprint density at radius 2 is 1.80 bits per heavy atom. The van der Waals surface area contributed by atoms with E-state index in [1.807, 2.05) is 27.7 Å². The van der Waals surface area contributed by atoms with Crippen molar-refractivity contribution < 1.29 is 13.5 Å². The smallest absolute Gasteiger partial charge is 0.150 e. The molecule has 0 heterocycles. The largest absolute Gasteiger partial charge is 0.396 e. The van der Waals surface area contributed by atoms with Gasteiger partial charge in [0.2, 0.25) is 0 Å². The fourth-order valence-electron chi connectivity index (χ4n) is 1.35. The summed E-state index contributed by atoms with van der Waals surface area (Å²) in [6, 6.07) is 0. The summed E-state index contributed by atoms with van der Waals surface area (Å²) in [5.41, 5.74) is -0.277. The lowest BCUT2D eigenvalue weighted by atomic mass is 9.78. The highest BCUT2D eigenvalue weighted by Gasteiger charge is 2.29. The van der Waals surface area contributed by atoms with Crippen molar-refractivity contribution in [2.24, 2.45) is 11.3 Å². The standard InChI is InChI=1S/C11H24O3S/c1-5-7-15(13,14)8-6-11(4,9-12)10(2)3/h10,12H,5-9H2,1-4H3. The molecule has 4 heteroatoms. The van der Waals surface area contributed by atoms with Crippen LogP contribution in [0.4, 0.5) is 0 Å². The first-order valence-corrected chi connectivity index (χ1v) is 7.41. The Bertz CT molecular complexity index is 270. The van der Waals surface area contributed by atoms with E-state index in [1.165, 1.54) is 0 Å². The third kappa shape index (κ3) is 4.98. The number of sulfone groups is 1. The molecule has 0 aliphatic rings. The van der Waals surface area contributed by atoms with Crippen LogP contribution < -0.4 is 0 Å². The summed E-state index contributed by atoms with van der Waals surface area (Å²) < 4.78 is 23.1. The second-order valence-electron chi connectivity index (χ2n) is 4.87. The van der Waals surface area contributed by atoms with Crippen LogP contribution in [-0.2, 0) is 9.84 Å². The minimum absolute atomic E-state index is 0.0479. The molecule has 0 bridgehead atoms. The van der Waals surface area contributed by atoms with Crippen LogP contribution in [0.5, 0.6) is 0 Å². The van der Waals surface area contributed by atoms with E-state index in [4.69, 9.17) is 0 Å². The summed E-state index contributed by atoms with van der Waals surface area (Å²) in [7, 11) is -2.92. The van der Waals surface area contributed by atoms with E-state index in [1.54, 1.807) is 0 Å². The van der Waals surface area contributed by atoms with Crippen molar-refractivity contribution in [1.29, 1.82) is 0 Å². The maximum atomic E-state index is 11.5. The van der Waals surface area contributed by atoms with Gasteiger partial charge in [-0.15, -0.1) is 0 Å². The molecule has 0 aromatic carbocycles. The topological polar surface area (TPSA) is 54.4 Å². The molecule has 0 saturated heterocycles. The normalized spacial score (nSPS) is 16.7. The molecule has 92 valence electrons. The van der Waals surface area contributed by atoms with Gasteiger partial charge in [-0.1, -0.05) is 27.7 Å². The molecule has 0 aliphatic carbocycles. The van der Waals surface area contributed by atoms with Crippen molar-refractivity contribution in [2.45, 2.75) is 40.5 Å². The van der Waals surface area contributed by atoms with Crippen molar-refractivity contribution in [3.63, 3.8) is 0 Å². The number of rotatable bonds is 7. The number of aliphatic hydroxyl groups excluding tert-OH is 1. The van der Waals surface area contributed by atoms with E-state index in [-0.39, 0.29) is 23.5 Å². The molecule has 0 fully saturated rings. The molecule has 3 nitrogen and oxygen atoms in total. The van der Waals surface area contributed by atoms with Crippen LogP contribution in [0.25, 0.3) is 0 Å². The quantitative estimate of drug-likeness (QED) is 0.734. The lowest BCUT2D eigenvalue weighted by Gasteiger charge is -2.31. The lowest BCUT2D eigenvalue weighted by Crippen LogP contribution is -2.31. The first kappa shape index (κ1) is 14.9. The summed E-state index contributed by atoms with van der Waals surface area (Å²) in [5.74, 6) is 0.738. The number of aliphatic hydroxyl groups is 1. The van der Waals surface area contributed by atoms with E-state index in [9.17, 15) is 13.5 Å². The highest BCUT2D eigenvalue weighted by atomic mass is 32.2. The zero-order chi connectivity index (χ0) is 12.1. The molecule has 0 rings (SSSR count). The Balaban J connectivity index is 4.36. The number of hydrogen-bond donors (Lipinski definition) is 1. The van der Waals surface area contributed by atoms with E-state index in [0.717, 1.165) is 0 Å². The van der Waals surface area contributed by atoms with Gasteiger partial charge in [0.05, 0.1) is 5.75 Å². The maximum Gasteiger partial charge on any atom is 0.150 e. The molecule has 0 aromatic heterocycles. The predicted molar refractivity (Wildman–Crippen MR) is 63.6 cm³/mol. The molecular weight excluding hydrogens is 212 g/mol. The lowest BCUT2D eigenvalue weighted by molar-refractivity contribution is 0.0914. The van der Waals surface area contributed by atoms with E-state index >= 15 is 0 Å². The zero-order valence-electron chi connectivity index (χ0n) is 10.3. The molecular formula is C11H24O3S. The van der Waals surface area contributed by atoms with Crippen LogP contribution in [0.15, 0.2) is 0 Å². The van der Waals surface area contributed by atoms with Gasteiger partial charge in [0.1, 0.15) is 9.84 Å². The molecule has 0 aromatic rings. The first-order chi connectivity index (χ1) is 6.77. The fourth-order valence-corrected chi connectivity index (χ4v) is 2.96. The van der Waals surface area contributed by atoms with Gasteiger partial charge in [0, 0.05) is 12.4 Å². The Kier molecular flexibility index (Phi) is 5.81. The average molecular weight is 236 g/mol. The zero-order valence-corrected chi connectivity index (χ0v) is 11.1. The Hall–Kier alpha value is -0.0900. The van der Waals surface area contributed by atoms with Crippen molar-refractivity contribution in [3.8, 4) is 0 Å². The molecule has 15 heavy (non-hydrogen) atoms. The van der Waals surface area contributed by atoms with Crippen LogP contribution in [-0.4, -0.2) is 31.6 Å². The highest BCUT2D eigenvalue weighted by Crippen LogP contribution is 2.30. The predicted octanol–water partition coefficient (Wildman–Crippen LogP) is 1.86. The molecule has 0 amide bonds. The van der Waals surface area contributed by atoms with E-state index in [2.05, 4.69) is 0 Å². The second kappa shape index (κ2) is 5.85. The minimum atomic E-state index is -2.92. The van der Waals surface area contributed by atoms with Crippen molar-refractivity contribution in [3.05, 3.63) is 0 Å². The Morgan fingerprint density at radius 1 is 1.27 bits per heavy atom. The monoisotopic (exact) mass is 236 g/mol.